The van der Waals surface area contributed by atoms with E-state index in [0.717, 1.165) is 24.0 Å². The lowest BCUT2D eigenvalue weighted by atomic mass is 9.98. The van der Waals surface area contributed by atoms with Crippen molar-refractivity contribution in [2.45, 2.75) is 19.8 Å². The molecule has 1 unspecified atom stereocenters. The molecule has 0 aromatic carbocycles. The van der Waals surface area contributed by atoms with E-state index >= 15 is 0 Å². The molecule has 0 bridgehead atoms. The standard InChI is InChI=1S/C12H20N4/c1-10-6-13-8-12(15-10)14-7-11-4-3-5-16(2)9-11/h6,8,11H,3-5,7,9H2,1-2H3,(H,14,15). The van der Waals surface area contributed by atoms with Crippen LogP contribution < -0.4 is 5.32 Å². The third kappa shape index (κ3) is 3.17. The van der Waals surface area contributed by atoms with E-state index in [9.17, 15) is 0 Å². The smallest absolute Gasteiger partial charge is 0.144 e. The van der Waals surface area contributed by atoms with Crippen LogP contribution in [0.1, 0.15) is 18.5 Å². The first kappa shape index (κ1) is 11.3. The number of rotatable bonds is 3. The van der Waals surface area contributed by atoms with Crippen LogP contribution in [-0.4, -0.2) is 41.5 Å². The van der Waals surface area contributed by atoms with Crippen LogP contribution in [0, 0.1) is 12.8 Å². The summed E-state index contributed by atoms with van der Waals surface area (Å²) in [6.07, 6.45) is 6.19. The van der Waals surface area contributed by atoms with Gasteiger partial charge in [0.25, 0.3) is 0 Å². The van der Waals surface area contributed by atoms with Crippen LogP contribution in [0.2, 0.25) is 0 Å². The van der Waals surface area contributed by atoms with Gasteiger partial charge in [-0.1, -0.05) is 0 Å². The topological polar surface area (TPSA) is 41.1 Å². The summed E-state index contributed by atoms with van der Waals surface area (Å²) in [5.74, 6) is 1.63. The van der Waals surface area contributed by atoms with Crippen molar-refractivity contribution < 1.29 is 0 Å². The quantitative estimate of drug-likeness (QED) is 0.839. The summed E-state index contributed by atoms with van der Waals surface area (Å²) in [5.41, 5.74) is 0.964. The van der Waals surface area contributed by atoms with E-state index < -0.39 is 0 Å². The minimum Gasteiger partial charge on any atom is -0.368 e. The normalized spacial score (nSPS) is 22.0. The van der Waals surface area contributed by atoms with Crippen LogP contribution in [-0.2, 0) is 0 Å². The lowest BCUT2D eigenvalue weighted by molar-refractivity contribution is 0.217. The monoisotopic (exact) mass is 220 g/mol. The van der Waals surface area contributed by atoms with Crippen LogP contribution in [0.5, 0.6) is 0 Å². The molecule has 0 amide bonds. The van der Waals surface area contributed by atoms with Crippen molar-refractivity contribution in [1.82, 2.24) is 14.9 Å². The zero-order valence-corrected chi connectivity index (χ0v) is 10.1. The van der Waals surface area contributed by atoms with E-state index in [0.29, 0.717) is 0 Å². The molecule has 1 aliphatic rings. The van der Waals surface area contributed by atoms with Gasteiger partial charge in [-0.25, -0.2) is 4.98 Å². The number of aryl methyl sites for hydroxylation is 1. The second kappa shape index (κ2) is 5.25. The van der Waals surface area contributed by atoms with E-state index in [1.807, 2.05) is 6.92 Å². The zero-order chi connectivity index (χ0) is 11.4. The Labute approximate surface area is 97.1 Å². The van der Waals surface area contributed by atoms with Crippen LogP contribution in [0.25, 0.3) is 0 Å². The van der Waals surface area contributed by atoms with Crippen LogP contribution in [0.3, 0.4) is 0 Å². The number of likely N-dealkylation sites (tertiary alicyclic amines) is 1. The maximum Gasteiger partial charge on any atom is 0.144 e. The number of hydrogen-bond acceptors (Lipinski definition) is 4. The second-order valence-electron chi connectivity index (χ2n) is 4.70. The summed E-state index contributed by atoms with van der Waals surface area (Å²) >= 11 is 0. The molecule has 0 radical (unpaired) electrons. The fraction of sp³-hybridized carbons (Fsp3) is 0.667. The first-order valence-electron chi connectivity index (χ1n) is 5.95. The van der Waals surface area contributed by atoms with Gasteiger partial charge in [0, 0.05) is 19.3 Å². The number of nitrogens with zero attached hydrogens (tertiary/aromatic N) is 3. The van der Waals surface area contributed by atoms with Crippen molar-refractivity contribution in [2.24, 2.45) is 5.92 Å². The predicted octanol–water partition coefficient (Wildman–Crippen LogP) is 1.54. The molecule has 1 aromatic rings. The molecule has 1 aliphatic heterocycles. The van der Waals surface area contributed by atoms with Crippen LogP contribution >= 0.6 is 0 Å². The van der Waals surface area contributed by atoms with Crippen molar-refractivity contribution in [3.8, 4) is 0 Å². The molecular formula is C12H20N4. The van der Waals surface area contributed by atoms with Gasteiger partial charge in [0.2, 0.25) is 0 Å². The molecular weight excluding hydrogens is 200 g/mol. The molecule has 1 saturated heterocycles. The fourth-order valence-corrected chi connectivity index (χ4v) is 2.24. The summed E-state index contributed by atoms with van der Waals surface area (Å²) in [7, 11) is 2.19. The number of aromatic nitrogens is 2. The third-order valence-electron chi connectivity index (χ3n) is 3.05. The molecule has 0 spiro atoms. The molecule has 2 rings (SSSR count). The Morgan fingerprint density at radius 1 is 1.50 bits per heavy atom. The SMILES string of the molecule is Cc1cncc(NCC2CCCN(C)C2)n1. The number of nitrogens with one attached hydrogen (secondary N) is 1. The van der Waals surface area contributed by atoms with Gasteiger partial charge in [-0.15, -0.1) is 0 Å². The van der Waals surface area contributed by atoms with Gasteiger partial charge in [-0.2, -0.15) is 0 Å². The molecule has 1 fully saturated rings. The molecule has 16 heavy (non-hydrogen) atoms. The Bertz CT molecular complexity index is 340. The molecule has 0 saturated carbocycles. The average molecular weight is 220 g/mol. The van der Waals surface area contributed by atoms with Gasteiger partial charge >= 0.3 is 0 Å². The Balaban J connectivity index is 1.82. The zero-order valence-electron chi connectivity index (χ0n) is 10.1. The maximum absolute atomic E-state index is 4.39. The van der Waals surface area contributed by atoms with Gasteiger partial charge in [0.15, 0.2) is 0 Å². The maximum atomic E-state index is 4.39. The summed E-state index contributed by atoms with van der Waals surface area (Å²) in [6, 6.07) is 0. The highest BCUT2D eigenvalue weighted by molar-refractivity contribution is 5.31. The van der Waals surface area contributed by atoms with E-state index in [2.05, 4.69) is 27.2 Å². The van der Waals surface area contributed by atoms with E-state index in [4.69, 9.17) is 0 Å². The Hall–Kier alpha value is -1.16. The highest BCUT2D eigenvalue weighted by atomic mass is 15.1. The third-order valence-corrected chi connectivity index (χ3v) is 3.05. The molecule has 1 aromatic heterocycles. The van der Waals surface area contributed by atoms with E-state index in [1.165, 1.54) is 25.9 Å². The van der Waals surface area contributed by atoms with Crippen LogP contribution in [0.4, 0.5) is 5.82 Å². The van der Waals surface area contributed by atoms with E-state index in [-0.39, 0.29) is 0 Å². The van der Waals surface area contributed by atoms with Crippen molar-refractivity contribution in [1.29, 1.82) is 0 Å². The lowest BCUT2D eigenvalue weighted by Crippen LogP contribution is -2.35. The molecule has 1 N–H and O–H groups in total. The Morgan fingerprint density at radius 3 is 3.12 bits per heavy atom. The minimum atomic E-state index is 0.737. The highest BCUT2D eigenvalue weighted by Gasteiger charge is 2.16. The van der Waals surface area contributed by atoms with Gasteiger partial charge in [-0.3, -0.25) is 4.98 Å². The summed E-state index contributed by atoms with van der Waals surface area (Å²) < 4.78 is 0. The molecule has 4 nitrogen and oxygen atoms in total. The summed E-state index contributed by atoms with van der Waals surface area (Å²) in [6.45, 7) is 5.39. The van der Waals surface area contributed by atoms with Crippen molar-refractivity contribution >= 4 is 5.82 Å². The van der Waals surface area contributed by atoms with Crippen LogP contribution in [0.15, 0.2) is 12.4 Å². The number of anilines is 1. The summed E-state index contributed by atoms with van der Waals surface area (Å²) in [4.78, 5) is 10.9. The Kier molecular flexibility index (Phi) is 3.72. The van der Waals surface area contributed by atoms with Crippen molar-refractivity contribution in [3.63, 3.8) is 0 Å². The average Bonchev–Trinajstić information content (AvgIpc) is 2.27. The van der Waals surface area contributed by atoms with Gasteiger partial charge in [0.05, 0.1) is 11.9 Å². The molecule has 2 heterocycles. The van der Waals surface area contributed by atoms with E-state index in [1.54, 1.807) is 12.4 Å². The first-order valence-corrected chi connectivity index (χ1v) is 5.95. The number of hydrogen-bond donors (Lipinski definition) is 1. The van der Waals surface area contributed by atoms with Crippen molar-refractivity contribution in [2.75, 3.05) is 32.0 Å². The Morgan fingerprint density at radius 2 is 2.38 bits per heavy atom. The largest absolute Gasteiger partial charge is 0.368 e. The molecule has 88 valence electrons. The summed E-state index contributed by atoms with van der Waals surface area (Å²) in [5, 5.41) is 3.38. The van der Waals surface area contributed by atoms with Crippen molar-refractivity contribution in [3.05, 3.63) is 18.1 Å². The number of piperidine rings is 1. The first-order chi connectivity index (χ1) is 7.74. The molecule has 1 atom stereocenters. The lowest BCUT2D eigenvalue weighted by Gasteiger charge is -2.29. The molecule has 0 aliphatic carbocycles. The fourth-order valence-electron chi connectivity index (χ4n) is 2.24. The van der Waals surface area contributed by atoms with Gasteiger partial charge in [0.1, 0.15) is 5.82 Å². The van der Waals surface area contributed by atoms with Gasteiger partial charge in [-0.05, 0) is 39.3 Å². The minimum absolute atomic E-state index is 0.737. The second-order valence-corrected chi connectivity index (χ2v) is 4.70. The molecule has 4 heteroatoms. The predicted molar refractivity (Wildman–Crippen MR) is 65.5 cm³/mol. The highest BCUT2D eigenvalue weighted by Crippen LogP contribution is 2.15. The van der Waals surface area contributed by atoms with Gasteiger partial charge < -0.3 is 10.2 Å².